The molecule has 0 aromatic heterocycles. The lowest BCUT2D eigenvalue weighted by Crippen LogP contribution is -2.55. The maximum absolute atomic E-state index is 13.3. The molecule has 3 aliphatic rings. The first-order chi connectivity index (χ1) is 10.9. The molecule has 4 rings (SSSR count). The van der Waals surface area contributed by atoms with E-state index >= 15 is 0 Å². The zero-order chi connectivity index (χ0) is 16.3. The molecule has 1 aromatic carbocycles. The van der Waals surface area contributed by atoms with Gasteiger partial charge in [-0.2, -0.15) is 0 Å². The number of ether oxygens (including phenoxy) is 1. The molecule has 1 spiro atoms. The average Bonchev–Trinajstić information content (AvgIpc) is 3.10. The van der Waals surface area contributed by atoms with Crippen molar-refractivity contribution in [2.75, 3.05) is 19.7 Å². The molecular formula is C19H24FNO2. The van der Waals surface area contributed by atoms with E-state index in [1.54, 1.807) is 12.1 Å². The Morgan fingerprint density at radius 1 is 1.13 bits per heavy atom. The summed E-state index contributed by atoms with van der Waals surface area (Å²) in [5.74, 6) is -0.0415. The van der Waals surface area contributed by atoms with E-state index < -0.39 is 5.41 Å². The van der Waals surface area contributed by atoms with E-state index in [9.17, 15) is 9.18 Å². The number of piperidine rings is 1. The molecule has 23 heavy (non-hydrogen) atoms. The van der Waals surface area contributed by atoms with Gasteiger partial charge in [-0.15, -0.1) is 0 Å². The van der Waals surface area contributed by atoms with E-state index in [0.717, 1.165) is 50.9 Å². The van der Waals surface area contributed by atoms with Crippen LogP contribution >= 0.6 is 0 Å². The first-order valence-corrected chi connectivity index (χ1v) is 8.58. The van der Waals surface area contributed by atoms with Gasteiger partial charge in [-0.1, -0.05) is 26.0 Å². The molecule has 1 atom stereocenters. The number of amides is 1. The Kier molecular flexibility index (Phi) is 3.15. The summed E-state index contributed by atoms with van der Waals surface area (Å²) in [5.41, 5.74) is 0.461. The fourth-order valence-electron chi connectivity index (χ4n) is 4.51. The number of hydrogen-bond acceptors (Lipinski definition) is 2. The van der Waals surface area contributed by atoms with Crippen molar-refractivity contribution in [1.82, 2.24) is 4.90 Å². The van der Waals surface area contributed by atoms with Crippen molar-refractivity contribution in [3.63, 3.8) is 0 Å². The molecule has 4 heteroatoms. The predicted molar refractivity (Wildman–Crippen MR) is 85.6 cm³/mol. The molecule has 1 aromatic rings. The van der Waals surface area contributed by atoms with Crippen LogP contribution in [-0.4, -0.2) is 36.1 Å². The quantitative estimate of drug-likeness (QED) is 0.838. The highest BCUT2D eigenvalue weighted by Gasteiger charge is 2.68. The van der Waals surface area contributed by atoms with E-state index in [4.69, 9.17) is 4.74 Å². The molecule has 1 amide bonds. The summed E-state index contributed by atoms with van der Waals surface area (Å²) in [7, 11) is 0. The first-order valence-electron chi connectivity index (χ1n) is 8.58. The number of halogens is 1. The summed E-state index contributed by atoms with van der Waals surface area (Å²) in [4.78, 5) is 15.3. The maximum atomic E-state index is 13.3. The average molecular weight is 317 g/mol. The van der Waals surface area contributed by atoms with Crippen LogP contribution in [0.1, 0.15) is 45.1 Å². The molecule has 2 saturated heterocycles. The highest BCUT2D eigenvalue weighted by atomic mass is 19.1. The largest absolute Gasteiger partial charge is 0.375 e. The second-order valence-corrected chi connectivity index (χ2v) is 8.05. The molecule has 124 valence electrons. The van der Waals surface area contributed by atoms with E-state index in [1.807, 2.05) is 4.90 Å². The van der Waals surface area contributed by atoms with Crippen LogP contribution in [0.4, 0.5) is 4.39 Å². The van der Waals surface area contributed by atoms with E-state index in [0.29, 0.717) is 0 Å². The van der Waals surface area contributed by atoms with Crippen molar-refractivity contribution in [2.24, 2.45) is 5.41 Å². The Labute approximate surface area is 136 Å². The van der Waals surface area contributed by atoms with Crippen molar-refractivity contribution >= 4 is 5.91 Å². The third-order valence-corrected chi connectivity index (χ3v) is 6.37. The van der Waals surface area contributed by atoms with E-state index in [1.165, 1.54) is 12.1 Å². The second kappa shape index (κ2) is 4.79. The van der Waals surface area contributed by atoms with Gasteiger partial charge in [-0.05, 0) is 48.8 Å². The molecule has 3 fully saturated rings. The fourth-order valence-corrected chi connectivity index (χ4v) is 4.51. The topological polar surface area (TPSA) is 29.5 Å². The monoisotopic (exact) mass is 317 g/mol. The zero-order valence-corrected chi connectivity index (χ0v) is 13.9. The molecule has 2 aliphatic heterocycles. The van der Waals surface area contributed by atoms with Gasteiger partial charge in [0.1, 0.15) is 5.82 Å². The molecule has 1 unspecified atom stereocenters. The lowest BCUT2D eigenvalue weighted by Gasteiger charge is -2.48. The third-order valence-electron chi connectivity index (χ3n) is 6.37. The lowest BCUT2D eigenvalue weighted by molar-refractivity contribution is -0.177. The minimum Gasteiger partial charge on any atom is -0.375 e. The molecule has 2 heterocycles. The smallest absolute Gasteiger partial charge is 0.233 e. The highest BCUT2D eigenvalue weighted by molar-refractivity contribution is 5.93. The summed E-state index contributed by atoms with van der Waals surface area (Å²) in [5, 5.41) is 0. The van der Waals surface area contributed by atoms with Crippen LogP contribution < -0.4 is 0 Å². The molecule has 0 N–H and O–H groups in total. The Morgan fingerprint density at radius 3 is 2.13 bits per heavy atom. The maximum Gasteiger partial charge on any atom is 0.233 e. The normalized spacial score (nSPS) is 30.8. The van der Waals surface area contributed by atoms with Crippen molar-refractivity contribution in [2.45, 2.75) is 50.5 Å². The van der Waals surface area contributed by atoms with Gasteiger partial charge in [-0.3, -0.25) is 4.79 Å². The minimum atomic E-state index is -0.480. The van der Waals surface area contributed by atoms with E-state index in [-0.39, 0.29) is 22.7 Å². The highest BCUT2D eigenvalue weighted by Crippen LogP contribution is 2.65. The fraction of sp³-hybridized carbons (Fsp3) is 0.632. The van der Waals surface area contributed by atoms with Gasteiger partial charge in [0, 0.05) is 13.1 Å². The van der Waals surface area contributed by atoms with Gasteiger partial charge in [0.2, 0.25) is 5.91 Å². The van der Waals surface area contributed by atoms with Crippen LogP contribution in [0.3, 0.4) is 0 Å². The second-order valence-electron chi connectivity index (χ2n) is 8.05. The van der Waals surface area contributed by atoms with Crippen molar-refractivity contribution in [1.29, 1.82) is 0 Å². The predicted octanol–water partition coefficient (Wildman–Crippen LogP) is 3.27. The third kappa shape index (κ3) is 2.14. The van der Waals surface area contributed by atoms with Gasteiger partial charge in [0.15, 0.2) is 0 Å². The van der Waals surface area contributed by atoms with Crippen LogP contribution in [0.25, 0.3) is 0 Å². The number of carbonyl (C=O) groups excluding carboxylic acids is 1. The van der Waals surface area contributed by atoms with Gasteiger partial charge in [0.05, 0.1) is 17.6 Å². The molecule has 0 bridgehead atoms. The van der Waals surface area contributed by atoms with Crippen molar-refractivity contribution < 1.29 is 13.9 Å². The minimum absolute atomic E-state index is 0.0545. The van der Waals surface area contributed by atoms with E-state index in [2.05, 4.69) is 13.8 Å². The molecule has 1 aliphatic carbocycles. The Hall–Kier alpha value is -1.42. The summed E-state index contributed by atoms with van der Waals surface area (Å²) < 4.78 is 19.0. The Bertz CT molecular complexity index is 625. The molecule has 1 saturated carbocycles. The lowest BCUT2D eigenvalue weighted by atomic mass is 9.82. The van der Waals surface area contributed by atoms with Crippen LogP contribution in [0.15, 0.2) is 24.3 Å². The summed E-state index contributed by atoms with van der Waals surface area (Å²) in [6.45, 7) is 6.68. The standard InChI is InChI=1S/C19H24FNO2/c1-17(2)13-19(17,14-3-5-15(20)6-4-14)16(22)21-10-7-18(8-11-21)9-12-23-18/h3-6H,7-13H2,1-2H3. The van der Waals surface area contributed by atoms with Gasteiger partial charge < -0.3 is 9.64 Å². The Balaban J connectivity index is 1.56. The van der Waals surface area contributed by atoms with Gasteiger partial charge in [-0.25, -0.2) is 4.39 Å². The number of rotatable bonds is 2. The number of benzene rings is 1. The van der Waals surface area contributed by atoms with Crippen LogP contribution in [0, 0.1) is 11.2 Å². The number of nitrogens with zero attached hydrogens (tertiary/aromatic N) is 1. The Morgan fingerprint density at radius 2 is 1.70 bits per heavy atom. The van der Waals surface area contributed by atoms with Crippen molar-refractivity contribution in [3.05, 3.63) is 35.6 Å². The SMILES string of the molecule is CC1(C)CC1(C(=O)N1CCC2(CCO2)CC1)c1ccc(F)cc1. The van der Waals surface area contributed by atoms with Crippen LogP contribution in [-0.2, 0) is 14.9 Å². The summed E-state index contributed by atoms with van der Waals surface area (Å²) in [6.07, 6.45) is 3.85. The summed E-state index contributed by atoms with van der Waals surface area (Å²) >= 11 is 0. The van der Waals surface area contributed by atoms with Gasteiger partial charge >= 0.3 is 0 Å². The number of likely N-dealkylation sites (tertiary alicyclic amines) is 1. The van der Waals surface area contributed by atoms with Gasteiger partial charge in [0.25, 0.3) is 0 Å². The molecule has 0 radical (unpaired) electrons. The van der Waals surface area contributed by atoms with Crippen molar-refractivity contribution in [3.8, 4) is 0 Å². The zero-order valence-electron chi connectivity index (χ0n) is 13.9. The number of carbonyl (C=O) groups is 1. The van der Waals surface area contributed by atoms with Crippen LogP contribution in [0.5, 0.6) is 0 Å². The van der Waals surface area contributed by atoms with Crippen LogP contribution in [0.2, 0.25) is 0 Å². The number of hydrogen-bond donors (Lipinski definition) is 0. The summed E-state index contributed by atoms with van der Waals surface area (Å²) in [6, 6.07) is 6.49. The first kappa shape index (κ1) is 15.1. The molecular weight excluding hydrogens is 293 g/mol. The molecule has 3 nitrogen and oxygen atoms in total.